The van der Waals surface area contributed by atoms with Crippen molar-refractivity contribution >= 4 is 44.6 Å². The van der Waals surface area contributed by atoms with Gasteiger partial charge in [-0.05, 0) is 36.4 Å². The van der Waals surface area contributed by atoms with Gasteiger partial charge in [-0.15, -0.1) is 0 Å². The quantitative estimate of drug-likeness (QED) is 0.794. The maximum atomic E-state index is 12.2. The van der Waals surface area contributed by atoms with Crippen molar-refractivity contribution in [3.05, 3.63) is 46.9 Å². The lowest BCUT2D eigenvalue weighted by atomic mass is 10.1. The molecule has 3 N–H and O–H groups in total. The van der Waals surface area contributed by atoms with E-state index in [1.165, 1.54) is 0 Å². The molecule has 0 bridgehead atoms. The third-order valence-corrected chi connectivity index (χ3v) is 3.50. The van der Waals surface area contributed by atoms with Gasteiger partial charge in [-0.2, -0.15) is 0 Å². The molecule has 1 amide bonds. The van der Waals surface area contributed by atoms with Gasteiger partial charge in [0.2, 0.25) is 0 Å². The third-order valence-electron chi connectivity index (χ3n) is 3.01. The molecule has 0 spiro atoms. The number of fused-ring (bicyclic) bond motifs is 1. The molecule has 1 aliphatic rings. The van der Waals surface area contributed by atoms with E-state index < -0.39 is 0 Å². The summed E-state index contributed by atoms with van der Waals surface area (Å²) >= 11 is 3.43. The van der Waals surface area contributed by atoms with Crippen molar-refractivity contribution in [3.63, 3.8) is 0 Å². The Morgan fingerprint density at radius 3 is 2.84 bits per heavy atom. The summed E-state index contributed by atoms with van der Waals surface area (Å²) in [6.07, 6.45) is 0. The molecule has 96 valence electrons. The molecule has 0 unspecified atom stereocenters. The highest BCUT2D eigenvalue weighted by Gasteiger charge is 2.25. The second-order valence-electron chi connectivity index (χ2n) is 4.34. The molecule has 3 rings (SSSR count). The molecule has 1 aliphatic heterocycles. The number of carbonyl (C=O) groups is 1. The number of nitrogen functional groups attached to an aromatic ring is 1. The van der Waals surface area contributed by atoms with Gasteiger partial charge in [-0.1, -0.05) is 22.0 Å². The van der Waals surface area contributed by atoms with Gasteiger partial charge in [0.1, 0.15) is 0 Å². The molecule has 0 aromatic heterocycles. The molecule has 0 radical (unpaired) electrons. The monoisotopic (exact) mass is 317 g/mol. The number of nitrogens with zero attached hydrogens (tertiary/aromatic N) is 1. The first-order valence-electron chi connectivity index (χ1n) is 5.87. The SMILES string of the molecule is Nc1cccc(N2C(=O)CNc3ccc(Br)cc32)c1. The van der Waals surface area contributed by atoms with Crippen LogP contribution in [0.2, 0.25) is 0 Å². The molecule has 2 aromatic carbocycles. The lowest BCUT2D eigenvalue weighted by Gasteiger charge is -2.30. The molecule has 0 atom stereocenters. The third kappa shape index (κ3) is 2.17. The number of nitrogens with two attached hydrogens (primary N) is 1. The number of anilines is 4. The van der Waals surface area contributed by atoms with E-state index in [1.807, 2.05) is 30.3 Å². The van der Waals surface area contributed by atoms with E-state index in [0.29, 0.717) is 5.69 Å². The van der Waals surface area contributed by atoms with Crippen LogP contribution in [-0.4, -0.2) is 12.5 Å². The zero-order valence-corrected chi connectivity index (χ0v) is 11.6. The first-order chi connectivity index (χ1) is 9.15. The largest absolute Gasteiger partial charge is 0.399 e. The van der Waals surface area contributed by atoms with Gasteiger partial charge in [0.05, 0.1) is 23.6 Å². The number of amides is 1. The highest BCUT2D eigenvalue weighted by atomic mass is 79.9. The molecule has 0 aliphatic carbocycles. The normalized spacial score (nSPS) is 13.9. The highest BCUT2D eigenvalue weighted by molar-refractivity contribution is 9.10. The lowest BCUT2D eigenvalue weighted by molar-refractivity contribution is -0.116. The Kier molecular flexibility index (Phi) is 2.91. The second-order valence-corrected chi connectivity index (χ2v) is 5.25. The fourth-order valence-corrected chi connectivity index (χ4v) is 2.52. The molecule has 4 nitrogen and oxygen atoms in total. The van der Waals surface area contributed by atoms with Crippen molar-refractivity contribution in [3.8, 4) is 0 Å². The molecule has 1 heterocycles. The smallest absolute Gasteiger partial charge is 0.250 e. The van der Waals surface area contributed by atoms with Crippen LogP contribution >= 0.6 is 15.9 Å². The summed E-state index contributed by atoms with van der Waals surface area (Å²) in [5.41, 5.74) is 8.99. The van der Waals surface area contributed by atoms with Gasteiger partial charge in [-0.25, -0.2) is 0 Å². The minimum atomic E-state index is -0.00352. The number of hydrogen-bond donors (Lipinski definition) is 2. The van der Waals surface area contributed by atoms with Crippen LogP contribution in [0.3, 0.4) is 0 Å². The predicted octanol–water partition coefficient (Wildman–Crippen LogP) is 3.12. The van der Waals surface area contributed by atoms with Crippen LogP contribution in [0.1, 0.15) is 0 Å². The predicted molar refractivity (Wildman–Crippen MR) is 80.6 cm³/mol. The molecular weight excluding hydrogens is 306 g/mol. The first-order valence-corrected chi connectivity index (χ1v) is 6.66. The maximum absolute atomic E-state index is 12.2. The van der Waals surface area contributed by atoms with Crippen LogP contribution in [0.4, 0.5) is 22.7 Å². The van der Waals surface area contributed by atoms with Crippen LogP contribution in [0, 0.1) is 0 Å². The summed E-state index contributed by atoms with van der Waals surface area (Å²) in [5, 5.41) is 3.11. The summed E-state index contributed by atoms with van der Waals surface area (Å²) < 4.78 is 0.927. The van der Waals surface area contributed by atoms with Crippen molar-refractivity contribution in [2.24, 2.45) is 0 Å². The van der Waals surface area contributed by atoms with Crippen molar-refractivity contribution in [1.82, 2.24) is 0 Å². The summed E-state index contributed by atoms with van der Waals surface area (Å²) in [6.45, 7) is 0.281. The van der Waals surface area contributed by atoms with Crippen LogP contribution in [0.15, 0.2) is 46.9 Å². The van der Waals surface area contributed by atoms with E-state index in [9.17, 15) is 4.79 Å². The van der Waals surface area contributed by atoms with Crippen molar-refractivity contribution in [2.45, 2.75) is 0 Å². The van der Waals surface area contributed by atoms with E-state index in [0.717, 1.165) is 21.5 Å². The van der Waals surface area contributed by atoms with Gasteiger partial charge in [0.15, 0.2) is 0 Å². The van der Waals surface area contributed by atoms with Gasteiger partial charge in [0.25, 0.3) is 5.91 Å². The number of nitrogens with one attached hydrogen (secondary N) is 1. The average Bonchev–Trinajstić information content (AvgIpc) is 2.38. The van der Waals surface area contributed by atoms with Crippen LogP contribution in [0.5, 0.6) is 0 Å². The minimum absolute atomic E-state index is 0.00352. The van der Waals surface area contributed by atoms with Crippen molar-refractivity contribution < 1.29 is 4.79 Å². The Bertz CT molecular complexity index is 657. The van der Waals surface area contributed by atoms with E-state index >= 15 is 0 Å². The van der Waals surface area contributed by atoms with Gasteiger partial charge in [0, 0.05) is 10.2 Å². The zero-order chi connectivity index (χ0) is 13.4. The average molecular weight is 318 g/mol. The highest BCUT2D eigenvalue weighted by Crippen LogP contribution is 2.37. The Balaban J connectivity index is 2.15. The second kappa shape index (κ2) is 4.59. The molecule has 2 aromatic rings. The van der Waals surface area contributed by atoms with Crippen LogP contribution in [0.25, 0.3) is 0 Å². The summed E-state index contributed by atoms with van der Waals surface area (Å²) in [7, 11) is 0. The molecule has 0 saturated heterocycles. The summed E-state index contributed by atoms with van der Waals surface area (Å²) in [5.74, 6) is -0.00352. The van der Waals surface area contributed by atoms with Crippen LogP contribution < -0.4 is 16.0 Å². The van der Waals surface area contributed by atoms with E-state index in [1.54, 1.807) is 17.0 Å². The number of carbonyl (C=O) groups excluding carboxylic acids is 1. The van der Waals surface area contributed by atoms with Gasteiger partial charge < -0.3 is 11.1 Å². The van der Waals surface area contributed by atoms with Crippen molar-refractivity contribution in [1.29, 1.82) is 0 Å². The standard InChI is InChI=1S/C14H12BrN3O/c15-9-4-5-12-13(6-9)18(14(19)8-17-12)11-3-1-2-10(16)7-11/h1-7,17H,8,16H2. The number of rotatable bonds is 1. The fourth-order valence-electron chi connectivity index (χ4n) is 2.17. The topological polar surface area (TPSA) is 58.4 Å². The summed E-state index contributed by atoms with van der Waals surface area (Å²) in [4.78, 5) is 13.9. The first kappa shape index (κ1) is 12.0. The Morgan fingerprint density at radius 1 is 1.21 bits per heavy atom. The Labute approximate surface area is 119 Å². The zero-order valence-electron chi connectivity index (χ0n) is 10.1. The molecule has 19 heavy (non-hydrogen) atoms. The Morgan fingerprint density at radius 2 is 2.05 bits per heavy atom. The maximum Gasteiger partial charge on any atom is 0.250 e. The van der Waals surface area contributed by atoms with Crippen LogP contribution in [-0.2, 0) is 4.79 Å². The van der Waals surface area contributed by atoms with E-state index in [4.69, 9.17) is 5.73 Å². The molecule has 5 heteroatoms. The Hall–Kier alpha value is -2.01. The molecular formula is C14H12BrN3O. The lowest BCUT2D eigenvalue weighted by Crippen LogP contribution is -2.36. The molecule has 0 saturated carbocycles. The summed E-state index contributed by atoms with van der Waals surface area (Å²) in [6, 6.07) is 13.1. The van der Waals surface area contributed by atoms with E-state index in [-0.39, 0.29) is 12.5 Å². The van der Waals surface area contributed by atoms with Gasteiger partial charge in [-0.3, -0.25) is 9.69 Å². The fraction of sp³-hybridized carbons (Fsp3) is 0.0714. The van der Waals surface area contributed by atoms with E-state index in [2.05, 4.69) is 21.2 Å². The number of halogens is 1. The number of hydrogen-bond acceptors (Lipinski definition) is 3. The number of benzene rings is 2. The molecule has 0 fully saturated rings. The van der Waals surface area contributed by atoms with Crippen molar-refractivity contribution in [2.75, 3.05) is 22.5 Å². The van der Waals surface area contributed by atoms with Gasteiger partial charge >= 0.3 is 0 Å². The minimum Gasteiger partial charge on any atom is -0.399 e.